The van der Waals surface area contributed by atoms with Crippen LogP contribution >= 0.6 is 0 Å². The summed E-state index contributed by atoms with van der Waals surface area (Å²) in [6, 6.07) is 21.8. The van der Waals surface area contributed by atoms with E-state index in [9.17, 15) is 22.4 Å². The lowest BCUT2D eigenvalue weighted by atomic mass is 10.0. The monoisotopic (exact) mass is 581 g/mol. The number of rotatable bonds is 15. The molecule has 0 aromatic heterocycles. The Morgan fingerprint density at radius 2 is 1.56 bits per heavy atom. The Labute approximate surface area is 243 Å². The Morgan fingerprint density at radius 3 is 2.20 bits per heavy atom. The minimum absolute atomic E-state index is 0.0344. The molecule has 0 bridgehead atoms. The standard InChI is InChI=1S/C32H40FN3O4S/c1-4-5-21-34-32(38)30(23-26-13-7-6-8-14-26)35(24-27-17-19-28(33)20-18-27)31(37)16-11-22-36(41(3,39)40)29-15-10-9-12-25(29)2/h6-10,12-15,17-20,30H,4-5,11,16,21-24H2,1-3H3,(H,34,38)/t30-/m0/s1. The molecular weight excluding hydrogens is 541 g/mol. The molecule has 0 spiro atoms. The van der Waals surface area contributed by atoms with Gasteiger partial charge in [-0.2, -0.15) is 0 Å². The number of nitrogens with one attached hydrogen (secondary N) is 1. The van der Waals surface area contributed by atoms with Crippen molar-refractivity contribution >= 4 is 27.5 Å². The van der Waals surface area contributed by atoms with Crippen molar-refractivity contribution in [2.24, 2.45) is 0 Å². The highest BCUT2D eigenvalue weighted by molar-refractivity contribution is 7.92. The normalized spacial score (nSPS) is 12.0. The number of para-hydroxylation sites is 1. The number of unbranched alkanes of at least 4 members (excludes halogenated alkanes) is 1. The van der Waals surface area contributed by atoms with Crippen molar-refractivity contribution in [3.05, 3.63) is 101 Å². The molecule has 0 heterocycles. The zero-order valence-electron chi connectivity index (χ0n) is 24.1. The summed E-state index contributed by atoms with van der Waals surface area (Å²) in [6.07, 6.45) is 3.49. The Hall–Kier alpha value is -3.72. The number of carbonyl (C=O) groups excluding carboxylic acids is 2. The first-order valence-corrected chi connectivity index (χ1v) is 15.8. The lowest BCUT2D eigenvalue weighted by molar-refractivity contribution is -0.141. The smallest absolute Gasteiger partial charge is 0.243 e. The molecule has 1 atom stereocenters. The van der Waals surface area contributed by atoms with Crippen LogP contribution in [0.5, 0.6) is 0 Å². The molecule has 0 saturated heterocycles. The zero-order valence-corrected chi connectivity index (χ0v) is 24.9. The van der Waals surface area contributed by atoms with Crippen LogP contribution in [0.15, 0.2) is 78.9 Å². The number of hydrogen-bond acceptors (Lipinski definition) is 4. The average molecular weight is 582 g/mol. The lowest BCUT2D eigenvalue weighted by Crippen LogP contribution is -2.50. The highest BCUT2D eigenvalue weighted by atomic mass is 32.2. The molecule has 0 aliphatic heterocycles. The van der Waals surface area contributed by atoms with Crippen molar-refractivity contribution in [3.63, 3.8) is 0 Å². The quantitative estimate of drug-likeness (QED) is 0.249. The number of amides is 2. The Bertz CT molecular complexity index is 1380. The van der Waals surface area contributed by atoms with Crippen LogP contribution in [-0.2, 0) is 32.6 Å². The zero-order chi connectivity index (χ0) is 29.8. The van der Waals surface area contributed by atoms with Gasteiger partial charge in [0.05, 0.1) is 11.9 Å². The molecule has 9 heteroatoms. The van der Waals surface area contributed by atoms with Gasteiger partial charge in [-0.05, 0) is 54.7 Å². The molecule has 41 heavy (non-hydrogen) atoms. The first-order valence-electron chi connectivity index (χ1n) is 14.0. The number of carbonyl (C=O) groups is 2. The van der Waals surface area contributed by atoms with Crippen LogP contribution < -0.4 is 9.62 Å². The predicted octanol–water partition coefficient (Wildman–Crippen LogP) is 5.24. The summed E-state index contributed by atoms with van der Waals surface area (Å²) in [5, 5.41) is 2.98. The molecule has 1 N–H and O–H groups in total. The van der Waals surface area contributed by atoms with Gasteiger partial charge in [-0.15, -0.1) is 0 Å². The van der Waals surface area contributed by atoms with Crippen LogP contribution in [0.4, 0.5) is 10.1 Å². The van der Waals surface area contributed by atoms with E-state index in [1.807, 2.05) is 56.3 Å². The van der Waals surface area contributed by atoms with Crippen molar-refractivity contribution in [3.8, 4) is 0 Å². The van der Waals surface area contributed by atoms with Gasteiger partial charge in [0.1, 0.15) is 11.9 Å². The minimum Gasteiger partial charge on any atom is -0.354 e. The van der Waals surface area contributed by atoms with Crippen LogP contribution in [0.1, 0.15) is 49.3 Å². The van der Waals surface area contributed by atoms with Crippen LogP contribution in [0.2, 0.25) is 0 Å². The molecule has 3 aromatic carbocycles. The number of hydrogen-bond donors (Lipinski definition) is 1. The van der Waals surface area contributed by atoms with E-state index in [1.54, 1.807) is 29.2 Å². The SMILES string of the molecule is CCCCNC(=O)[C@H](Cc1ccccc1)N(Cc1ccc(F)cc1)C(=O)CCCN(c1ccccc1C)S(C)(=O)=O. The van der Waals surface area contributed by atoms with E-state index in [0.717, 1.165) is 30.2 Å². The highest BCUT2D eigenvalue weighted by Gasteiger charge is 2.30. The summed E-state index contributed by atoms with van der Waals surface area (Å²) in [5.74, 6) is -0.920. The van der Waals surface area contributed by atoms with Gasteiger partial charge in [0.2, 0.25) is 21.8 Å². The maximum atomic E-state index is 13.8. The number of benzene rings is 3. The van der Waals surface area contributed by atoms with Crippen LogP contribution in [0.25, 0.3) is 0 Å². The molecule has 0 fully saturated rings. The third kappa shape index (κ3) is 9.70. The summed E-state index contributed by atoms with van der Waals surface area (Å²) in [7, 11) is -3.59. The van der Waals surface area contributed by atoms with E-state index < -0.39 is 16.1 Å². The molecule has 3 aromatic rings. The Kier molecular flexibility index (Phi) is 11.9. The van der Waals surface area contributed by atoms with Gasteiger partial charge in [0.25, 0.3) is 0 Å². The van der Waals surface area contributed by atoms with E-state index in [0.29, 0.717) is 24.2 Å². The average Bonchev–Trinajstić information content (AvgIpc) is 2.94. The van der Waals surface area contributed by atoms with Crippen molar-refractivity contribution < 1.29 is 22.4 Å². The van der Waals surface area contributed by atoms with Crippen LogP contribution in [0.3, 0.4) is 0 Å². The van der Waals surface area contributed by atoms with E-state index in [2.05, 4.69) is 5.32 Å². The van der Waals surface area contributed by atoms with Crippen LogP contribution in [0, 0.1) is 12.7 Å². The second-order valence-corrected chi connectivity index (χ2v) is 12.1. The Morgan fingerprint density at radius 1 is 0.902 bits per heavy atom. The van der Waals surface area contributed by atoms with Crippen molar-refractivity contribution in [1.29, 1.82) is 0 Å². The second-order valence-electron chi connectivity index (χ2n) is 10.2. The number of halogens is 1. The molecule has 2 amide bonds. The van der Waals surface area contributed by atoms with Gasteiger partial charge in [0, 0.05) is 32.5 Å². The molecule has 0 radical (unpaired) electrons. The summed E-state index contributed by atoms with van der Waals surface area (Å²) in [5.41, 5.74) is 2.98. The van der Waals surface area contributed by atoms with E-state index in [4.69, 9.17) is 0 Å². The maximum Gasteiger partial charge on any atom is 0.243 e. The third-order valence-corrected chi connectivity index (χ3v) is 8.08. The summed E-state index contributed by atoms with van der Waals surface area (Å²) < 4.78 is 40.2. The van der Waals surface area contributed by atoms with Gasteiger partial charge in [-0.1, -0.05) is 74.0 Å². The minimum atomic E-state index is -3.59. The first kappa shape index (κ1) is 31.8. The molecule has 220 valence electrons. The second kappa shape index (κ2) is 15.3. The van der Waals surface area contributed by atoms with E-state index in [1.165, 1.54) is 16.4 Å². The molecule has 0 aliphatic rings. The van der Waals surface area contributed by atoms with E-state index in [-0.39, 0.29) is 43.6 Å². The number of nitrogens with zero attached hydrogens (tertiary/aromatic N) is 2. The van der Waals surface area contributed by atoms with Gasteiger partial charge in [0.15, 0.2) is 0 Å². The fourth-order valence-electron chi connectivity index (χ4n) is 4.67. The largest absolute Gasteiger partial charge is 0.354 e. The Balaban J connectivity index is 1.87. The van der Waals surface area contributed by atoms with Gasteiger partial charge >= 0.3 is 0 Å². The molecular formula is C32H40FN3O4S. The van der Waals surface area contributed by atoms with Gasteiger partial charge in [-0.3, -0.25) is 13.9 Å². The summed E-state index contributed by atoms with van der Waals surface area (Å²) in [4.78, 5) is 28.9. The van der Waals surface area contributed by atoms with Gasteiger partial charge in [-0.25, -0.2) is 12.8 Å². The first-order chi connectivity index (χ1) is 19.6. The van der Waals surface area contributed by atoms with Crippen molar-refractivity contribution in [2.45, 2.75) is 58.5 Å². The molecule has 0 saturated carbocycles. The lowest BCUT2D eigenvalue weighted by Gasteiger charge is -2.32. The molecule has 0 unspecified atom stereocenters. The van der Waals surface area contributed by atoms with Crippen molar-refractivity contribution in [2.75, 3.05) is 23.7 Å². The predicted molar refractivity (Wildman–Crippen MR) is 161 cm³/mol. The summed E-state index contributed by atoms with van der Waals surface area (Å²) >= 11 is 0. The van der Waals surface area contributed by atoms with Crippen molar-refractivity contribution in [1.82, 2.24) is 10.2 Å². The highest BCUT2D eigenvalue weighted by Crippen LogP contribution is 2.23. The summed E-state index contributed by atoms with van der Waals surface area (Å²) in [6.45, 7) is 4.61. The maximum absolute atomic E-state index is 13.8. The number of sulfonamides is 1. The molecule has 7 nitrogen and oxygen atoms in total. The van der Waals surface area contributed by atoms with Gasteiger partial charge < -0.3 is 10.2 Å². The number of aryl methyl sites for hydroxylation is 1. The third-order valence-electron chi connectivity index (χ3n) is 6.90. The molecule has 0 aliphatic carbocycles. The topological polar surface area (TPSA) is 86.8 Å². The molecule has 3 rings (SSSR count). The fourth-order valence-corrected chi connectivity index (χ4v) is 5.70. The number of anilines is 1. The van der Waals surface area contributed by atoms with E-state index >= 15 is 0 Å². The fraction of sp³-hybridized carbons (Fsp3) is 0.375. The van der Waals surface area contributed by atoms with Crippen LogP contribution in [-0.4, -0.2) is 50.5 Å².